The third kappa shape index (κ3) is 5.62. The Morgan fingerprint density at radius 2 is 0.810 bits per heavy atom. The van der Waals surface area contributed by atoms with Gasteiger partial charge in [0.1, 0.15) is 0 Å². The van der Waals surface area contributed by atoms with E-state index in [1.165, 1.54) is 18.2 Å². The Morgan fingerprint density at radius 1 is 0.397 bits per heavy atom. The predicted molar refractivity (Wildman–Crippen MR) is 210 cm³/mol. The average Bonchev–Trinajstić information content (AvgIpc) is 3.74. The predicted octanol–water partition coefficient (Wildman–Crippen LogP) is 12.9. The van der Waals surface area contributed by atoms with Gasteiger partial charge in [-0.3, -0.25) is 0 Å². The molecule has 9 aromatic rings. The van der Waals surface area contributed by atoms with E-state index in [2.05, 4.69) is 18.2 Å². The maximum atomic E-state index is 14.7. The first-order chi connectivity index (χ1) is 27.9. The Balaban J connectivity index is 1.46. The summed E-state index contributed by atoms with van der Waals surface area (Å²) in [5, 5.41) is 32.8. The van der Waals surface area contributed by atoms with E-state index in [0.717, 1.165) is 22.2 Å². The summed E-state index contributed by atoms with van der Waals surface area (Å²) in [6.07, 6.45) is -10.3. The summed E-state index contributed by atoms with van der Waals surface area (Å²) in [5.41, 5.74) is 0.796. The molecule has 0 saturated carbocycles. The van der Waals surface area contributed by atoms with Crippen LogP contribution in [0.25, 0.3) is 77.2 Å². The van der Waals surface area contributed by atoms with Gasteiger partial charge in [-0.25, -0.2) is 0 Å². The maximum Gasteiger partial charge on any atom is 0.417 e. The molecule has 11 heteroatoms. The molecule has 0 aliphatic rings. The molecular weight excluding hydrogens is 749 g/mol. The van der Waals surface area contributed by atoms with Crippen molar-refractivity contribution < 1.29 is 26.3 Å². The standard InChI is InChI=1S/C47H23F6N5/c48-46(49,50)37-8-5-9-38(47(51,52)53)45(37)30-15-19-44(58-40-11-4-2-7-32(40)34-21-28(25-55)13-17-42(34)58)36(23-30)35-22-29(26-56)14-18-43(35)57-39-10-3-1-6-31(39)33-20-27(24-54)12-16-41(33)57/h1-23H. The monoisotopic (exact) mass is 771 g/mol. The highest BCUT2D eigenvalue weighted by Crippen LogP contribution is 2.48. The third-order valence-corrected chi connectivity index (χ3v) is 10.5. The smallest absolute Gasteiger partial charge is 0.309 e. The van der Waals surface area contributed by atoms with Crippen LogP contribution in [0.1, 0.15) is 27.8 Å². The van der Waals surface area contributed by atoms with Crippen molar-refractivity contribution in [2.45, 2.75) is 12.4 Å². The Bertz CT molecular complexity index is 3280. The average molecular weight is 772 g/mol. The topological polar surface area (TPSA) is 81.2 Å². The molecule has 0 aliphatic carbocycles. The lowest BCUT2D eigenvalue weighted by atomic mass is 9.90. The number of nitriles is 3. The number of nitrogens with zero attached hydrogens (tertiary/aromatic N) is 5. The number of benzene rings is 7. The van der Waals surface area contributed by atoms with E-state index in [1.807, 2.05) is 57.7 Å². The first kappa shape index (κ1) is 35.9. The minimum Gasteiger partial charge on any atom is -0.309 e. The van der Waals surface area contributed by atoms with Gasteiger partial charge in [-0.15, -0.1) is 0 Å². The number of rotatable bonds is 4. The molecule has 2 aromatic heterocycles. The molecule has 278 valence electrons. The number of para-hydroxylation sites is 2. The molecule has 58 heavy (non-hydrogen) atoms. The van der Waals surface area contributed by atoms with E-state index in [4.69, 9.17) is 0 Å². The minimum atomic E-state index is -5.14. The maximum absolute atomic E-state index is 14.7. The Kier molecular flexibility index (Phi) is 8.13. The van der Waals surface area contributed by atoms with Gasteiger partial charge in [0.15, 0.2) is 0 Å². The quantitative estimate of drug-likeness (QED) is 0.167. The lowest BCUT2D eigenvalue weighted by molar-refractivity contribution is -0.142. The van der Waals surface area contributed by atoms with Gasteiger partial charge in [0, 0.05) is 38.2 Å². The fourth-order valence-corrected chi connectivity index (χ4v) is 8.06. The van der Waals surface area contributed by atoms with E-state index in [0.29, 0.717) is 67.7 Å². The van der Waals surface area contributed by atoms with Crippen molar-refractivity contribution in [3.8, 4) is 51.8 Å². The molecule has 0 radical (unpaired) electrons. The Labute approximate surface area is 325 Å². The van der Waals surface area contributed by atoms with Crippen molar-refractivity contribution in [3.63, 3.8) is 0 Å². The van der Waals surface area contributed by atoms with Gasteiger partial charge in [0.05, 0.1) is 79.5 Å². The zero-order chi connectivity index (χ0) is 40.5. The van der Waals surface area contributed by atoms with Gasteiger partial charge in [-0.2, -0.15) is 42.1 Å². The number of fused-ring (bicyclic) bond motifs is 6. The van der Waals surface area contributed by atoms with Crippen LogP contribution >= 0.6 is 0 Å². The molecule has 0 atom stereocenters. The summed E-state index contributed by atoms with van der Waals surface area (Å²) in [6.45, 7) is 0. The van der Waals surface area contributed by atoms with Crippen LogP contribution in [-0.2, 0) is 12.4 Å². The first-order valence-electron chi connectivity index (χ1n) is 17.7. The lowest BCUT2D eigenvalue weighted by Crippen LogP contribution is -2.14. The summed E-state index contributed by atoms with van der Waals surface area (Å²) in [6, 6.07) is 42.5. The minimum absolute atomic E-state index is 0.190. The molecule has 5 nitrogen and oxygen atoms in total. The summed E-state index contributed by atoms with van der Waals surface area (Å²) in [5.74, 6) is 0. The van der Waals surface area contributed by atoms with Crippen molar-refractivity contribution >= 4 is 43.6 Å². The molecule has 9 rings (SSSR count). The zero-order valence-corrected chi connectivity index (χ0v) is 29.8. The number of alkyl halides is 6. The van der Waals surface area contributed by atoms with Crippen LogP contribution in [0, 0.1) is 34.0 Å². The first-order valence-corrected chi connectivity index (χ1v) is 17.7. The molecule has 7 aromatic carbocycles. The fraction of sp³-hybridized carbons (Fsp3) is 0.0426. The summed E-state index contributed by atoms with van der Waals surface area (Å²) in [4.78, 5) is 0. The van der Waals surface area contributed by atoms with Crippen molar-refractivity contribution in [3.05, 3.63) is 167 Å². The van der Waals surface area contributed by atoms with Gasteiger partial charge in [-0.1, -0.05) is 48.5 Å². The van der Waals surface area contributed by atoms with Crippen LogP contribution in [0.2, 0.25) is 0 Å². The van der Waals surface area contributed by atoms with E-state index in [1.54, 1.807) is 54.6 Å². The molecule has 0 fully saturated rings. The number of hydrogen-bond donors (Lipinski definition) is 0. The summed E-state index contributed by atoms with van der Waals surface area (Å²) >= 11 is 0. The molecule has 0 unspecified atom stereocenters. The highest BCUT2D eigenvalue weighted by molar-refractivity contribution is 6.12. The van der Waals surface area contributed by atoms with E-state index < -0.39 is 29.0 Å². The lowest BCUT2D eigenvalue weighted by Gasteiger charge is -2.22. The normalized spacial score (nSPS) is 11.9. The largest absolute Gasteiger partial charge is 0.417 e. The van der Waals surface area contributed by atoms with Crippen molar-refractivity contribution in [2.75, 3.05) is 0 Å². The Hall–Kier alpha value is -7.81. The second-order valence-electron chi connectivity index (χ2n) is 13.7. The molecule has 0 aliphatic heterocycles. The zero-order valence-electron chi connectivity index (χ0n) is 29.8. The van der Waals surface area contributed by atoms with Gasteiger partial charge in [-0.05, 0) is 96.6 Å². The molecule has 2 heterocycles. The molecule has 0 bridgehead atoms. The second kappa shape index (κ2) is 13.2. The van der Waals surface area contributed by atoms with Crippen LogP contribution in [0.3, 0.4) is 0 Å². The molecule has 0 amide bonds. The molecule has 0 N–H and O–H groups in total. The van der Waals surface area contributed by atoms with E-state index >= 15 is 0 Å². The summed E-state index contributed by atoms with van der Waals surface area (Å²) < 4.78 is 91.9. The summed E-state index contributed by atoms with van der Waals surface area (Å²) in [7, 11) is 0. The van der Waals surface area contributed by atoms with Crippen LogP contribution in [0.5, 0.6) is 0 Å². The van der Waals surface area contributed by atoms with Gasteiger partial charge >= 0.3 is 12.4 Å². The van der Waals surface area contributed by atoms with E-state index in [-0.39, 0.29) is 16.7 Å². The van der Waals surface area contributed by atoms with E-state index in [9.17, 15) is 42.1 Å². The number of hydrogen-bond acceptors (Lipinski definition) is 3. The molecule has 0 saturated heterocycles. The molecule has 0 spiro atoms. The van der Waals surface area contributed by atoms with Crippen molar-refractivity contribution in [2.24, 2.45) is 0 Å². The highest BCUT2D eigenvalue weighted by Gasteiger charge is 2.41. The second-order valence-corrected chi connectivity index (χ2v) is 13.7. The van der Waals surface area contributed by atoms with Gasteiger partial charge in [0.2, 0.25) is 0 Å². The van der Waals surface area contributed by atoms with Crippen LogP contribution in [0.4, 0.5) is 26.3 Å². The van der Waals surface area contributed by atoms with Crippen molar-refractivity contribution in [1.82, 2.24) is 9.13 Å². The van der Waals surface area contributed by atoms with Gasteiger partial charge in [0.25, 0.3) is 0 Å². The number of aromatic nitrogens is 2. The van der Waals surface area contributed by atoms with Crippen LogP contribution in [0.15, 0.2) is 140 Å². The highest BCUT2D eigenvalue weighted by atomic mass is 19.4. The van der Waals surface area contributed by atoms with Crippen molar-refractivity contribution in [1.29, 1.82) is 15.8 Å². The fourth-order valence-electron chi connectivity index (χ4n) is 8.06. The van der Waals surface area contributed by atoms with Gasteiger partial charge < -0.3 is 9.13 Å². The third-order valence-electron chi connectivity index (χ3n) is 10.5. The van der Waals surface area contributed by atoms with Crippen LogP contribution < -0.4 is 0 Å². The SMILES string of the molecule is N#Cc1ccc(-n2c3ccccc3c3cc(C#N)ccc32)c(-c2cc(-c3c(C(F)(F)F)cccc3C(F)(F)F)ccc2-n2c3ccccc3c3cc(C#N)ccc32)c1. The number of halogens is 6. The van der Waals surface area contributed by atoms with Crippen LogP contribution in [-0.4, -0.2) is 9.13 Å². The Morgan fingerprint density at radius 3 is 1.29 bits per heavy atom. The molecular formula is C47H23F6N5.